The Bertz CT molecular complexity index is 780. The first-order valence-electron chi connectivity index (χ1n) is 8.96. The van der Waals surface area contributed by atoms with Crippen molar-refractivity contribution >= 4 is 17.5 Å². The Morgan fingerprint density at radius 3 is 2.42 bits per heavy atom. The third-order valence-corrected chi connectivity index (χ3v) is 4.46. The zero-order chi connectivity index (χ0) is 18.5. The van der Waals surface area contributed by atoms with Crippen LogP contribution in [0.1, 0.15) is 35.7 Å². The number of carbonyl (C=O) groups is 2. The average Bonchev–Trinajstić information content (AvgIpc) is 3.16. The van der Waals surface area contributed by atoms with Crippen LogP contribution in [0.5, 0.6) is 5.75 Å². The van der Waals surface area contributed by atoms with Crippen LogP contribution >= 0.6 is 0 Å². The third kappa shape index (κ3) is 4.42. The molecule has 26 heavy (non-hydrogen) atoms. The number of nitrogens with one attached hydrogen (secondary N) is 1. The second-order valence-corrected chi connectivity index (χ2v) is 6.64. The first kappa shape index (κ1) is 18.0. The van der Waals surface area contributed by atoms with E-state index in [4.69, 9.17) is 4.74 Å². The van der Waals surface area contributed by atoms with Gasteiger partial charge in [0.05, 0.1) is 0 Å². The van der Waals surface area contributed by atoms with Crippen LogP contribution in [0.15, 0.2) is 48.5 Å². The van der Waals surface area contributed by atoms with Crippen molar-refractivity contribution in [2.45, 2.75) is 32.8 Å². The predicted octanol–water partition coefficient (Wildman–Crippen LogP) is 3.64. The van der Waals surface area contributed by atoms with E-state index in [2.05, 4.69) is 5.32 Å². The van der Waals surface area contributed by atoms with Gasteiger partial charge in [0.15, 0.2) is 6.10 Å². The molecule has 136 valence electrons. The summed E-state index contributed by atoms with van der Waals surface area (Å²) in [6.07, 6.45) is 1.51. The summed E-state index contributed by atoms with van der Waals surface area (Å²) in [5, 5.41) is 2.82. The first-order valence-corrected chi connectivity index (χ1v) is 8.96. The minimum absolute atomic E-state index is 0.0523. The van der Waals surface area contributed by atoms with Crippen LogP contribution < -0.4 is 10.1 Å². The van der Waals surface area contributed by atoms with Crippen molar-refractivity contribution in [3.63, 3.8) is 0 Å². The Morgan fingerprint density at radius 2 is 1.77 bits per heavy atom. The maximum atomic E-state index is 12.3. The Kier molecular flexibility index (Phi) is 5.56. The molecule has 1 N–H and O–H groups in total. The van der Waals surface area contributed by atoms with Crippen molar-refractivity contribution in [1.29, 1.82) is 0 Å². The van der Waals surface area contributed by atoms with Crippen molar-refractivity contribution < 1.29 is 14.3 Å². The van der Waals surface area contributed by atoms with Crippen LogP contribution in [0.2, 0.25) is 0 Å². The van der Waals surface area contributed by atoms with Crippen LogP contribution in [0.3, 0.4) is 0 Å². The minimum Gasteiger partial charge on any atom is -0.481 e. The van der Waals surface area contributed by atoms with E-state index in [9.17, 15) is 9.59 Å². The molecule has 0 aliphatic carbocycles. The van der Waals surface area contributed by atoms with Crippen molar-refractivity contribution in [3.8, 4) is 5.75 Å². The molecule has 2 aromatic carbocycles. The maximum Gasteiger partial charge on any atom is 0.265 e. The SMILES string of the molecule is Cc1cccc(OC(C)C(=O)Nc2ccc(C(=O)N3CCCC3)cc2)c1. The molecule has 1 heterocycles. The number of aryl methyl sites for hydroxylation is 1. The lowest BCUT2D eigenvalue weighted by Crippen LogP contribution is -2.30. The first-order chi connectivity index (χ1) is 12.5. The van der Waals surface area contributed by atoms with Crippen LogP contribution in [-0.4, -0.2) is 35.9 Å². The van der Waals surface area contributed by atoms with E-state index in [1.807, 2.05) is 36.1 Å². The second-order valence-electron chi connectivity index (χ2n) is 6.64. The third-order valence-electron chi connectivity index (χ3n) is 4.46. The number of carbonyl (C=O) groups excluding carboxylic acids is 2. The van der Waals surface area contributed by atoms with E-state index in [0.29, 0.717) is 17.0 Å². The second kappa shape index (κ2) is 8.04. The Hall–Kier alpha value is -2.82. The summed E-state index contributed by atoms with van der Waals surface area (Å²) in [6, 6.07) is 14.6. The van der Waals surface area contributed by atoms with Crippen molar-refractivity contribution in [1.82, 2.24) is 4.90 Å². The molecule has 1 aliphatic rings. The summed E-state index contributed by atoms with van der Waals surface area (Å²) in [5.74, 6) is 0.487. The zero-order valence-corrected chi connectivity index (χ0v) is 15.2. The topological polar surface area (TPSA) is 58.6 Å². The summed E-state index contributed by atoms with van der Waals surface area (Å²) in [5.41, 5.74) is 2.37. The van der Waals surface area contributed by atoms with Gasteiger partial charge in [-0.3, -0.25) is 9.59 Å². The molecule has 1 atom stereocenters. The van der Waals surface area contributed by atoms with Gasteiger partial charge in [-0.25, -0.2) is 0 Å². The largest absolute Gasteiger partial charge is 0.481 e. The molecule has 0 bridgehead atoms. The smallest absolute Gasteiger partial charge is 0.265 e. The maximum absolute atomic E-state index is 12.3. The fraction of sp³-hybridized carbons (Fsp3) is 0.333. The van der Waals surface area contributed by atoms with Gasteiger partial charge in [0.2, 0.25) is 0 Å². The van der Waals surface area contributed by atoms with Gasteiger partial charge in [0.25, 0.3) is 11.8 Å². The molecule has 3 rings (SSSR count). The van der Waals surface area contributed by atoms with E-state index in [1.165, 1.54) is 0 Å². The van der Waals surface area contributed by atoms with Gasteiger partial charge in [-0.2, -0.15) is 0 Å². The predicted molar refractivity (Wildman–Crippen MR) is 101 cm³/mol. The highest BCUT2D eigenvalue weighted by Crippen LogP contribution is 2.17. The standard InChI is InChI=1S/C21H24N2O3/c1-15-6-5-7-19(14-15)26-16(2)20(24)22-18-10-8-17(9-11-18)21(25)23-12-3-4-13-23/h5-11,14,16H,3-4,12-13H2,1-2H3,(H,22,24). The van der Waals surface area contributed by atoms with Gasteiger partial charge in [-0.1, -0.05) is 12.1 Å². The molecule has 1 aliphatic heterocycles. The Balaban J connectivity index is 1.57. The van der Waals surface area contributed by atoms with Crippen LogP contribution in [-0.2, 0) is 4.79 Å². The lowest BCUT2D eigenvalue weighted by molar-refractivity contribution is -0.122. The number of benzene rings is 2. The van der Waals surface area contributed by atoms with Crippen molar-refractivity contribution in [3.05, 3.63) is 59.7 Å². The Labute approximate surface area is 154 Å². The number of rotatable bonds is 5. The number of anilines is 1. The number of likely N-dealkylation sites (tertiary alicyclic amines) is 1. The molecule has 0 aromatic heterocycles. The van der Waals surface area contributed by atoms with E-state index < -0.39 is 6.10 Å². The van der Waals surface area contributed by atoms with Gasteiger partial charge >= 0.3 is 0 Å². The minimum atomic E-state index is -0.622. The number of ether oxygens (including phenoxy) is 1. The molecule has 1 saturated heterocycles. The molecule has 0 saturated carbocycles. The fourth-order valence-electron chi connectivity index (χ4n) is 2.99. The van der Waals surface area contributed by atoms with E-state index in [0.717, 1.165) is 31.5 Å². The highest BCUT2D eigenvalue weighted by molar-refractivity contribution is 5.97. The molecular formula is C21H24N2O3. The molecule has 0 radical (unpaired) electrons. The monoisotopic (exact) mass is 352 g/mol. The lowest BCUT2D eigenvalue weighted by Gasteiger charge is -2.16. The number of nitrogens with zero attached hydrogens (tertiary/aromatic N) is 1. The fourth-order valence-corrected chi connectivity index (χ4v) is 2.99. The molecule has 0 spiro atoms. The molecule has 1 fully saturated rings. The number of hydrogen-bond donors (Lipinski definition) is 1. The normalized spacial score (nSPS) is 14.8. The molecule has 5 nitrogen and oxygen atoms in total. The highest BCUT2D eigenvalue weighted by atomic mass is 16.5. The van der Waals surface area contributed by atoms with Gasteiger partial charge in [-0.15, -0.1) is 0 Å². The lowest BCUT2D eigenvalue weighted by atomic mass is 10.2. The number of amides is 2. The van der Waals surface area contributed by atoms with Crippen molar-refractivity contribution in [2.75, 3.05) is 18.4 Å². The molecule has 1 unspecified atom stereocenters. The number of hydrogen-bond acceptors (Lipinski definition) is 3. The molecular weight excluding hydrogens is 328 g/mol. The summed E-state index contributed by atoms with van der Waals surface area (Å²) in [4.78, 5) is 26.5. The molecule has 2 amide bonds. The van der Waals surface area contributed by atoms with E-state index in [-0.39, 0.29) is 11.8 Å². The molecule has 5 heteroatoms. The van der Waals surface area contributed by atoms with Crippen molar-refractivity contribution in [2.24, 2.45) is 0 Å². The van der Waals surface area contributed by atoms with E-state index >= 15 is 0 Å². The average molecular weight is 352 g/mol. The van der Waals surface area contributed by atoms with Gasteiger partial charge in [-0.05, 0) is 68.7 Å². The van der Waals surface area contributed by atoms with E-state index in [1.54, 1.807) is 31.2 Å². The summed E-state index contributed by atoms with van der Waals surface area (Å²) >= 11 is 0. The summed E-state index contributed by atoms with van der Waals surface area (Å²) in [6.45, 7) is 5.34. The molecule has 2 aromatic rings. The highest BCUT2D eigenvalue weighted by Gasteiger charge is 2.20. The van der Waals surface area contributed by atoms with Crippen LogP contribution in [0, 0.1) is 6.92 Å². The van der Waals surface area contributed by atoms with Gasteiger partial charge in [0.1, 0.15) is 5.75 Å². The summed E-state index contributed by atoms with van der Waals surface area (Å²) < 4.78 is 5.69. The van der Waals surface area contributed by atoms with Gasteiger partial charge < -0.3 is 15.0 Å². The zero-order valence-electron chi connectivity index (χ0n) is 15.2. The van der Waals surface area contributed by atoms with Gasteiger partial charge in [0, 0.05) is 24.3 Å². The Morgan fingerprint density at radius 1 is 1.08 bits per heavy atom. The van der Waals surface area contributed by atoms with Crippen LogP contribution in [0.25, 0.3) is 0 Å². The summed E-state index contributed by atoms with van der Waals surface area (Å²) in [7, 11) is 0. The quantitative estimate of drug-likeness (QED) is 0.894. The van der Waals surface area contributed by atoms with Crippen LogP contribution in [0.4, 0.5) is 5.69 Å².